The second kappa shape index (κ2) is 8.86. The molecule has 3 heterocycles. The molecular weight excluding hydrogens is 484 g/mol. The Bertz CT molecular complexity index is 1450. The maximum Gasteiger partial charge on any atom is 0.387 e. The Balaban J connectivity index is 1.64. The molecule has 0 unspecified atom stereocenters. The SMILES string of the molecule is C=N/C(=N\C=C(/C)c1ccc2nc3n(c2c1)[C@H]1C[C@H]3NC(=S)c2cccc(OC(F)F)c21)C(C)(C)O. The summed E-state index contributed by atoms with van der Waals surface area (Å²) >= 11 is 5.59. The molecule has 2 aliphatic heterocycles. The number of hydrogen-bond donors (Lipinski definition) is 2. The number of ether oxygens (including phenoxy) is 1. The lowest BCUT2D eigenvalue weighted by Gasteiger charge is -2.22. The molecule has 0 saturated carbocycles. The van der Waals surface area contributed by atoms with Gasteiger partial charge in [0.15, 0.2) is 5.84 Å². The number of imidazole rings is 1. The lowest BCUT2D eigenvalue weighted by Crippen LogP contribution is -2.29. The minimum absolute atomic E-state index is 0.115. The van der Waals surface area contributed by atoms with Crippen LogP contribution in [0.25, 0.3) is 16.6 Å². The summed E-state index contributed by atoms with van der Waals surface area (Å²) in [6.07, 6.45) is 2.25. The number of amidine groups is 1. The first-order chi connectivity index (χ1) is 17.1. The molecule has 1 aromatic heterocycles. The van der Waals surface area contributed by atoms with Gasteiger partial charge in [-0.3, -0.25) is 0 Å². The Morgan fingerprint density at radius 3 is 2.83 bits per heavy atom. The highest BCUT2D eigenvalue weighted by molar-refractivity contribution is 7.80. The van der Waals surface area contributed by atoms with Crippen LogP contribution in [0.5, 0.6) is 5.75 Å². The minimum atomic E-state index is -2.95. The molecule has 10 heteroatoms. The smallest absolute Gasteiger partial charge is 0.387 e. The Kier molecular flexibility index (Phi) is 5.96. The predicted octanol–water partition coefficient (Wildman–Crippen LogP) is 5.18. The van der Waals surface area contributed by atoms with E-state index in [1.165, 1.54) is 0 Å². The highest BCUT2D eigenvalue weighted by Crippen LogP contribution is 2.47. The Morgan fingerprint density at radius 2 is 2.14 bits per heavy atom. The first kappa shape index (κ1) is 24.2. The van der Waals surface area contributed by atoms with Crippen LogP contribution in [0.15, 0.2) is 52.6 Å². The van der Waals surface area contributed by atoms with Crippen molar-refractivity contribution in [3.63, 3.8) is 0 Å². The number of hydrogen-bond acceptors (Lipinski definition) is 5. The minimum Gasteiger partial charge on any atom is -0.434 e. The molecule has 0 fully saturated rings. The first-order valence-electron chi connectivity index (χ1n) is 11.4. The van der Waals surface area contributed by atoms with Gasteiger partial charge < -0.3 is 19.7 Å². The fourth-order valence-electron chi connectivity index (χ4n) is 4.88. The van der Waals surface area contributed by atoms with E-state index in [2.05, 4.69) is 26.6 Å². The van der Waals surface area contributed by atoms with Gasteiger partial charge in [-0.2, -0.15) is 8.78 Å². The van der Waals surface area contributed by atoms with E-state index in [0.717, 1.165) is 28.0 Å². The number of aromatic nitrogens is 2. The number of rotatable bonds is 5. The number of allylic oxidation sites excluding steroid dienone is 1. The van der Waals surface area contributed by atoms with Crippen molar-refractivity contribution in [1.29, 1.82) is 0 Å². The molecule has 2 N–H and O–H groups in total. The highest BCUT2D eigenvalue weighted by atomic mass is 32.1. The summed E-state index contributed by atoms with van der Waals surface area (Å²) in [4.78, 5) is 13.5. The van der Waals surface area contributed by atoms with E-state index in [9.17, 15) is 13.9 Å². The van der Waals surface area contributed by atoms with Gasteiger partial charge >= 0.3 is 6.61 Å². The number of aliphatic imine (C=N–C) groups is 2. The zero-order chi connectivity index (χ0) is 25.8. The van der Waals surface area contributed by atoms with Gasteiger partial charge in [-0.15, -0.1) is 0 Å². The molecule has 3 aromatic rings. The molecule has 7 nitrogen and oxygen atoms in total. The molecule has 0 aliphatic carbocycles. The van der Waals surface area contributed by atoms with Crippen LogP contribution < -0.4 is 10.1 Å². The van der Waals surface area contributed by atoms with E-state index in [1.807, 2.05) is 31.2 Å². The number of thiocarbonyl (C=S) groups is 1. The molecular formula is C26H25F2N5O2S. The summed E-state index contributed by atoms with van der Waals surface area (Å²) in [5.74, 6) is 1.12. The van der Waals surface area contributed by atoms with Gasteiger partial charge in [-0.1, -0.05) is 30.4 Å². The molecule has 5 rings (SSSR count). The van der Waals surface area contributed by atoms with Gasteiger partial charge in [0.05, 0.1) is 23.1 Å². The third kappa shape index (κ3) is 4.10. The van der Waals surface area contributed by atoms with Gasteiger partial charge in [-0.05, 0) is 63.2 Å². The molecule has 0 amide bonds. The summed E-state index contributed by atoms with van der Waals surface area (Å²) < 4.78 is 33.5. The van der Waals surface area contributed by atoms with E-state index in [4.69, 9.17) is 21.9 Å². The molecule has 0 spiro atoms. The summed E-state index contributed by atoms with van der Waals surface area (Å²) in [6, 6.07) is 10.5. The number of nitrogens with one attached hydrogen (secondary N) is 1. The van der Waals surface area contributed by atoms with Crippen molar-refractivity contribution in [3.05, 3.63) is 65.1 Å². The third-order valence-electron chi connectivity index (χ3n) is 6.50. The van der Waals surface area contributed by atoms with Crippen molar-refractivity contribution in [2.75, 3.05) is 0 Å². The molecule has 2 atom stereocenters. The van der Waals surface area contributed by atoms with Crippen LogP contribution >= 0.6 is 12.2 Å². The van der Waals surface area contributed by atoms with Gasteiger partial charge in [0.1, 0.15) is 22.2 Å². The van der Waals surface area contributed by atoms with Crippen LogP contribution in [-0.2, 0) is 0 Å². The molecule has 2 aromatic carbocycles. The number of benzene rings is 2. The van der Waals surface area contributed by atoms with Gasteiger partial charge in [-0.25, -0.2) is 15.0 Å². The zero-order valence-electron chi connectivity index (χ0n) is 20.0. The van der Waals surface area contributed by atoms with E-state index in [1.54, 1.807) is 32.2 Å². The lowest BCUT2D eigenvalue weighted by molar-refractivity contribution is -0.0506. The molecule has 186 valence electrons. The Hall–Kier alpha value is -3.50. The standard InChI is InChI=1S/C26H25F2N5O2S/c1-13(12-30-24(29-4)26(2,3)34)14-8-9-16-18(10-14)33-19-11-17(22(33)31-16)32-23(36)15-6-5-7-20(21(15)19)35-25(27)28/h5-10,12,17,19,25,34H,4,11H2,1-3H3,(H,32,36)/b13-12+,30-24-/t17-,19+/m1/s1. The number of nitrogens with zero attached hydrogens (tertiary/aromatic N) is 4. The van der Waals surface area contributed by atoms with Crippen LogP contribution in [0.2, 0.25) is 0 Å². The Morgan fingerprint density at radius 1 is 1.36 bits per heavy atom. The highest BCUT2D eigenvalue weighted by Gasteiger charge is 2.41. The van der Waals surface area contributed by atoms with Crippen molar-refractivity contribution >= 4 is 46.4 Å². The average molecular weight is 510 g/mol. The summed E-state index contributed by atoms with van der Waals surface area (Å²) in [5.41, 5.74) is 3.48. The molecule has 0 radical (unpaired) electrons. The molecule has 36 heavy (non-hydrogen) atoms. The van der Waals surface area contributed by atoms with Gasteiger partial charge in [0, 0.05) is 17.3 Å². The predicted molar refractivity (Wildman–Crippen MR) is 140 cm³/mol. The maximum atomic E-state index is 13.3. The molecule has 2 aliphatic rings. The number of alkyl halides is 2. The van der Waals surface area contributed by atoms with E-state index < -0.39 is 12.2 Å². The largest absolute Gasteiger partial charge is 0.434 e. The number of fused-ring (bicyclic) bond motifs is 9. The second-order valence-corrected chi connectivity index (χ2v) is 9.81. The van der Waals surface area contributed by atoms with Crippen molar-refractivity contribution in [1.82, 2.24) is 14.9 Å². The van der Waals surface area contributed by atoms with E-state index in [-0.39, 0.29) is 23.7 Å². The molecule has 2 bridgehead atoms. The first-order valence-corrected chi connectivity index (χ1v) is 11.8. The van der Waals surface area contributed by atoms with E-state index >= 15 is 0 Å². The monoisotopic (exact) mass is 509 g/mol. The van der Waals surface area contributed by atoms with Crippen molar-refractivity contribution < 1.29 is 18.6 Å². The van der Waals surface area contributed by atoms with Crippen molar-refractivity contribution in [3.8, 4) is 5.75 Å². The van der Waals surface area contributed by atoms with Crippen molar-refractivity contribution in [2.24, 2.45) is 9.98 Å². The van der Waals surface area contributed by atoms with Crippen LogP contribution in [-0.4, -0.2) is 44.4 Å². The van der Waals surface area contributed by atoms with Crippen LogP contribution in [0.3, 0.4) is 0 Å². The fourth-order valence-corrected chi connectivity index (χ4v) is 5.20. The van der Waals surface area contributed by atoms with Crippen LogP contribution in [0, 0.1) is 0 Å². The summed E-state index contributed by atoms with van der Waals surface area (Å²) in [6.45, 7) is 5.63. The quantitative estimate of drug-likeness (QED) is 0.281. The number of halogens is 2. The fraction of sp³-hybridized carbons (Fsp3) is 0.308. The average Bonchev–Trinajstić information content (AvgIpc) is 3.30. The lowest BCUT2D eigenvalue weighted by atomic mass is 9.97. The van der Waals surface area contributed by atoms with Crippen LogP contribution in [0.1, 0.15) is 61.8 Å². The van der Waals surface area contributed by atoms with Gasteiger partial charge in [0.25, 0.3) is 0 Å². The Labute approximate surface area is 212 Å². The van der Waals surface area contributed by atoms with E-state index in [0.29, 0.717) is 22.5 Å². The maximum absolute atomic E-state index is 13.3. The zero-order valence-corrected chi connectivity index (χ0v) is 20.8. The van der Waals surface area contributed by atoms with Crippen LogP contribution in [0.4, 0.5) is 8.78 Å². The topological polar surface area (TPSA) is 84.0 Å². The van der Waals surface area contributed by atoms with Crippen molar-refractivity contribution in [2.45, 2.75) is 51.5 Å². The number of aliphatic hydroxyl groups is 1. The molecule has 0 saturated heterocycles. The third-order valence-corrected chi connectivity index (χ3v) is 6.84. The van der Waals surface area contributed by atoms with Gasteiger partial charge in [0.2, 0.25) is 0 Å². The second-order valence-electron chi connectivity index (χ2n) is 9.40. The normalized spacial score (nSPS) is 19.7. The summed E-state index contributed by atoms with van der Waals surface area (Å²) in [5, 5.41) is 13.5. The summed E-state index contributed by atoms with van der Waals surface area (Å²) in [7, 11) is 0.